The molecule has 0 spiro atoms. The summed E-state index contributed by atoms with van der Waals surface area (Å²) in [4.78, 5) is 8.76. The van der Waals surface area contributed by atoms with Crippen molar-refractivity contribution in [2.75, 3.05) is 0 Å². The zero-order valence-corrected chi connectivity index (χ0v) is 12.8. The Morgan fingerprint density at radius 1 is 1.21 bits per heavy atom. The van der Waals surface area contributed by atoms with E-state index in [9.17, 15) is 0 Å². The van der Waals surface area contributed by atoms with Crippen molar-refractivity contribution >= 4 is 38.6 Å². The van der Waals surface area contributed by atoms with Crippen molar-refractivity contribution < 1.29 is 0 Å². The summed E-state index contributed by atoms with van der Waals surface area (Å²) in [5, 5.41) is 1.58. The van der Waals surface area contributed by atoms with Crippen LogP contribution in [0.3, 0.4) is 0 Å². The van der Waals surface area contributed by atoms with E-state index >= 15 is 0 Å². The van der Waals surface area contributed by atoms with Gasteiger partial charge in [-0.2, -0.15) is 0 Å². The van der Waals surface area contributed by atoms with Crippen LogP contribution in [0.1, 0.15) is 5.56 Å². The van der Waals surface area contributed by atoms with Crippen LogP contribution in [-0.4, -0.2) is 14.5 Å². The lowest BCUT2D eigenvalue weighted by atomic mass is 10.0. The smallest absolute Gasteiger partial charge is 0.146 e. The normalized spacial score (nSPS) is 11.2. The lowest BCUT2D eigenvalue weighted by Crippen LogP contribution is -1.93. The highest BCUT2D eigenvalue weighted by Crippen LogP contribution is 2.38. The van der Waals surface area contributed by atoms with Gasteiger partial charge in [0, 0.05) is 12.6 Å². The molecule has 0 aliphatic carbocycles. The summed E-state index contributed by atoms with van der Waals surface area (Å²) in [5.74, 6) is 0. The van der Waals surface area contributed by atoms with Crippen molar-refractivity contribution in [2.24, 2.45) is 7.05 Å². The first-order chi connectivity index (χ1) is 9.11. The third kappa shape index (κ3) is 1.86. The van der Waals surface area contributed by atoms with Crippen LogP contribution in [0, 0.1) is 6.92 Å². The van der Waals surface area contributed by atoms with Crippen molar-refractivity contribution in [3.05, 3.63) is 45.8 Å². The van der Waals surface area contributed by atoms with E-state index in [-0.39, 0.29) is 0 Å². The molecule has 0 radical (unpaired) electrons. The minimum absolute atomic E-state index is 0.630. The number of aromatic nitrogens is 3. The Morgan fingerprint density at radius 2 is 1.95 bits per heavy atom. The average molecular weight is 337 g/mol. The second-order valence-electron chi connectivity index (χ2n) is 4.40. The summed E-state index contributed by atoms with van der Waals surface area (Å²) in [5.41, 5.74) is 4.00. The molecule has 5 heteroatoms. The molecule has 0 saturated carbocycles. The van der Waals surface area contributed by atoms with E-state index in [1.165, 1.54) is 5.56 Å². The van der Waals surface area contributed by atoms with E-state index < -0.39 is 0 Å². The van der Waals surface area contributed by atoms with Gasteiger partial charge < -0.3 is 4.57 Å². The Hall–Kier alpha value is -1.39. The lowest BCUT2D eigenvalue weighted by molar-refractivity contribution is 0.943. The van der Waals surface area contributed by atoms with Gasteiger partial charge in [-0.3, -0.25) is 0 Å². The molecule has 3 nitrogen and oxygen atoms in total. The minimum atomic E-state index is 0.630. The number of nitrogens with zero attached hydrogens (tertiary/aromatic N) is 3. The Labute approximate surface area is 124 Å². The van der Waals surface area contributed by atoms with Gasteiger partial charge in [-0.05, 0) is 28.4 Å². The standard InChI is InChI=1S/C14H11BrClN3/c1-8-5-3-4-6-9(8)12-10-11(15)13(16)19(2)14(10)18-7-17-12/h3-7H,1-2H3. The number of benzene rings is 1. The maximum Gasteiger partial charge on any atom is 0.146 e. The molecule has 0 N–H and O–H groups in total. The summed E-state index contributed by atoms with van der Waals surface area (Å²) in [6.07, 6.45) is 1.58. The van der Waals surface area contributed by atoms with E-state index in [2.05, 4.69) is 45.0 Å². The van der Waals surface area contributed by atoms with Gasteiger partial charge in [0.1, 0.15) is 17.1 Å². The van der Waals surface area contributed by atoms with Crippen LogP contribution < -0.4 is 0 Å². The largest absolute Gasteiger partial charge is 0.318 e. The molecule has 0 aliphatic heterocycles. The number of hydrogen-bond acceptors (Lipinski definition) is 2. The highest BCUT2D eigenvalue weighted by atomic mass is 79.9. The van der Waals surface area contributed by atoms with Crippen LogP contribution in [0.15, 0.2) is 35.1 Å². The molecule has 2 aromatic heterocycles. The third-order valence-electron chi connectivity index (χ3n) is 3.24. The van der Waals surface area contributed by atoms with Gasteiger partial charge in [0.15, 0.2) is 0 Å². The highest BCUT2D eigenvalue weighted by molar-refractivity contribution is 9.10. The van der Waals surface area contributed by atoms with Gasteiger partial charge in [0.2, 0.25) is 0 Å². The molecule has 3 aromatic rings. The summed E-state index contributed by atoms with van der Waals surface area (Å²) >= 11 is 9.81. The van der Waals surface area contributed by atoms with Crippen molar-refractivity contribution in [3.8, 4) is 11.3 Å². The van der Waals surface area contributed by atoms with Gasteiger partial charge in [0.25, 0.3) is 0 Å². The topological polar surface area (TPSA) is 30.7 Å². The zero-order chi connectivity index (χ0) is 13.6. The Kier molecular flexibility index (Phi) is 3.07. The van der Waals surface area contributed by atoms with Crippen LogP contribution >= 0.6 is 27.5 Å². The molecule has 0 fully saturated rings. The number of hydrogen-bond donors (Lipinski definition) is 0. The van der Waals surface area contributed by atoms with Crippen LogP contribution in [0.5, 0.6) is 0 Å². The fraction of sp³-hybridized carbons (Fsp3) is 0.143. The van der Waals surface area contributed by atoms with Crippen LogP contribution in [0.25, 0.3) is 22.3 Å². The predicted octanol–water partition coefficient (Wildman–Crippen LogP) is 4.36. The molecule has 96 valence electrons. The van der Waals surface area contributed by atoms with E-state index in [0.29, 0.717) is 5.15 Å². The summed E-state index contributed by atoms with van der Waals surface area (Å²) in [6, 6.07) is 8.16. The molecule has 0 saturated heterocycles. The van der Waals surface area contributed by atoms with Crippen molar-refractivity contribution in [3.63, 3.8) is 0 Å². The quantitative estimate of drug-likeness (QED) is 0.661. The first kappa shape index (κ1) is 12.6. The second kappa shape index (κ2) is 4.62. The minimum Gasteiger partial charge on any atom is -0.318 e. The fourth-order valence-corrected chi connectivity index (χ4v) is 3.02. The van der Waals surface area contributed by atoms with Gasteiger partial charge in [-0.25, -0.2) is 9.97 Å². The molecular weight excluding hydrogens is 326 g/mol. The van der Waals surface area contributed by atoms with Crippen LogP contribution in [-0.2, 0) is 7.05 Å². The monoisotopic (exact) mass is 335 g/mol. The lowest BCUT2D eigenvalue weighted by Gasteiger charge is -2.06. The molecule has 0 bridgehead atoms. The number of fused-ring (bicyclic) bond motifs is 1. The van der Waals surface area contributed by atoms with E-state index in [4.69, 9.17) is 11.6 Å². The molecule has 3 rings (SSSR count). The Bertz CT molecular complexity index is 780. The number of rotatable bonds is 1. The summed E-state index contributed by atoms with van der Waals surface area (Å²) in [7, 11) is 1.89. The summed E-state index contributed by atoms with van der Waals surface area (Å²) in [6.45, 7) is 2.07. The fourth-order valence-electron chi connectivity index (χ4n) is 2.22. The van der Waals surface area contributed by atoms with Crippen molar-refractivity contribution in [1.29, 1.82) is 0 Å². The first-order valence-electron chi connectivity index (χ1n) is 5.81. The Balaban J connectivity index is 2.44. The maximum atomic E-state index is 6.27. The molecule has 0 aliphatic rings. The van der Waals surface area contributed by atoms with Gasteiger partial charge >= 0.3 is 0 Å². The number of aryl methyl sites for hydroxylation is 2. The van der Waals surface area contributed by atoms with Crippen LogP contribution in [0.4, 0.5) is 0 Å². The average Bonchev–Trinajstić information content (AvgIpc) is 2.65. The van der Waals surface area contributed by atoms with Gasteiger partial charge in [0.05, 0.1) is 15.6 Å². The number of halogens is 2. The molecule has 19 heavy (non-hydrogen) atoms. The molecule has 0 unspecified atom stereocenters. The van der Waals surface area contributed by atoms with E-state index in [0.717, 1.165) is 26.8 Å². The maximum absolute atomic E-state index is 6.27. The first-order valence-corrected chi connectivity index (χ1v) is 6.98. The predicted molar refractivity (Wildman–Crippen MR) is 81.4 cm³/mol. The molecule has 0 atom stereocenters. The van der Waals surface area contributed by atoms with Gasteiger partial charge in [-0.15, -0.1) is 0 Å². The van der Waals surface area contributed by atoms with Gasteiger partial charge in [-0.1, -0.05) is 35.9 Å². The van der Waals surface area contributed by atoms with Crippen LogP contribution in [0.2, 0.25) is 5.15 Å². The molecule has 2 heterocycles. The molecule has 0 amide bonds. The highest BCUT2D eigenvalue weighted by Gasteiger charge is 2.18. The van der Waals surface area contributed by atoms with E-state index in [1.807, 2.05) is 23.7 Å². The molecule has 1 aromatic carbocycles. The Morgan fingerprint density at radius 3 is 2.68 bits per heavy atom. The van der Waals surface area contributed by atoms with E-state index in [1.54, 1.807) is 6.33 Å². The van der Waals surface area contributed by atoms with Crippen molar-refractivity contribution in [2.45, 2.75) is 6.92 Å². The third-order valence-corrected chi connectivity index (χ3v) is 4.68. The molecular formula is C14H11BrClN3. The second-order valence-corrected chi connectivity index (χ2v) is 5.55. The zero-order valence-electron chi connectivity index (χ0n) is 10.5. The van der Waals surface area contributed by atoms with Crippen molar-refractivity contribution in [1.82, 2.24) is 14.5 Å². The SMILES string of the molecule is Cc1ccccc1-c1ncnc2c1c(Br)c(Cl)n2C. The summed E-state index contributed by atoms with van der Waals surface area (Å²) < 4.78 is 2.69.